The highest BCUT2D eigenvalue weighted by Crippen LogP contribution is 2.14. The summed E-state index contributed by atoms with van der Waals surface area (Å²) in [6.07, 6.45) is 26.1. The van der Waals surface area contributed by atoms with Crippen molar-refractivity contribution in [2.75, 3.05) is 0 Å². The molecule has 0 heterocycles. The van der Waals surface area contributed by atoms with Gasteiger partial charge in [-0.05, 0) is 6.42 Å². The summed E-state index contributed by atoms with van der Waals surface area (Å²) in [5.41, 5.74) is 0. The fourth-order valence-corrected chi connectivity index (χ4v) is 3.35. The number of hydrogen-bond acceptors (Lipinski definition) is 1. The third kappa shape index (κ3) is 28.0. The van der Waals surface area contributed by atoms with E-state index in [1.807, 2.05) is 0 Å². The van der Waals surface area contributed by atoms with E-state index >= 15 is 0 Å². The number of carboxylic acid groups (broad SMARTS) is 1. The molecule has 2 nitrogen and oxygen atoms in total. The van der Waals surface area contributed by atoms with Crippen LogP contribution < -0.4 is 0 Å². The van der Waals surface area contributed by atoms with Gasteiger partial charge in [-0.25, -0.2) is 0 Å². The van der Waals surface area contributed by atoms with Gasteiger partial charge in [0.1, 0.15) is 0 Å². The quantitative estimate of drug-likeness (QED) is 0.172. The minimum atomic E-state index is -0.651. The maximum absolute atomic E-state index is 10.4. The van der Waals surface area contributed by atoms with E-state index in [0.29, 0.717) is 6.42 Å². The first kappa shape index (κ1) is 27.4. The van der Waals surface area contributed by atoms with Crippen molar-refractivity contribution in [1.29, 1.82) is 0 Å². The van der Waals surface area contributed by atoms with Gasteiger partial charge in [-0.1, -0.05) is 122 Å². The summed E-state index contributed by atoms with van der Waals surface area (Å²) in [6.45, 7) is 8.28. The van der Waals surface area contributed by atoms with Gasteiger partial charge in [-0.15, -0.1) is 13.2 Å². The second-order valence-corrected chi connectivity index (χ2v) is 7.51. The van der Waals surface area contributed by atoms with Gasteiger partial charge in [0.25, 0.3) is 0 Å². The summed E-state index contributed by atoms with van der Waals surface area (Å²) in [5.74, 6) is -0.651. The summed E-state index contributed by atoms with van der Waals surface area (Å²) in [6, 6.07) is 0. The van der Waals surface area contributed by atoms with Gasteiger partial charge in [-0.2, -0.15) is 0 Å². The summed E-state index contributed by atoms with van der Waals surface area (Å²) in [5, 5.41) is 8.56. The van der Waals surface area contributed by atoms with Crippen molar-refractivity contribution in [3.8, 4) is 0 Å². The standard InChI is InChI=1S/C22H44O2.C2H4/c1-2-3-4-5-6-7-8-9-10-11-12-13-14-15-16-17-18-19-20-21-22(23)24;1-2/h2-21H2,1H3,(H,23,24);1-2H2. The average molecular weight is 369 g/mol. The Kier molecular flexibility index (Phi) is 27.9. The van der Waals surface area contributed by atoms with E-state index in [0.717, 1.165) is 12.8 Å². The van der Waals surface area contributed by atoms with Crippen LogP contribution in [0, 0.1) is 0 Å². The first-order valence-corrected chi connectivity index (χ1v) is 11.5. The monoisotopic (exact) mass is 368 g/mol. The molecule has 0 aromatic carbocycles. The fourth-order valence-electron chi connectivity index (χ4n) is 3.35. The Balaban J connectivity index is 0. The number of carboxylic acids is 1. The van der Waals surface area contributed by atoms with Gasteiger partial charge >= 0.3 is 5.97 Å². The smallest absolute Gasteiger partial charge is 0.303 e. The van der Waals surface area contributed by atoms with Crippen molar-refractivity contribution in [3.05, 3.63) is 13.2 Å². The summed E-state index contributed by atoms with van der Waals surface area (Å²) in [4.78, 5) is 10.4. The molecule has 1 N–H and O–H groups in total. The SMILES string of the molecule is C=C.CCCCCCCCCCCCCCCCCCCCCC(=O)O. The van der Waals surface area contributed by atoms with Gasteiger partial charge < -0.3 is 5.11 Å². The molecule has 0 spiro atoms. The van der Waals surface area contributed by atoms with Gasteiger partial charge in [0, 0.05) is 6.42 Å². The van der Waals surface area contributed by atoms with Crippen LogP contribution in [-0.2, 0) is 4.79 Å². The molecular weight excluding hydrogens is 320 g/mol. The number of rotatable bonds is 20. The van der Waals surface area contributed by atoms with Gasteiger partial charge in [0.05, 0.1) is 0 Å². The molecule has 0 aliphatic carbocycles. The molecule has 2 heteroatoms. The van der Waals surface area contributed by atoms with Crippen molar-refractivity contribution in [2.24, 2.45) is 0 Å². The Hall–Kier alpha value is -0.790. The Morgan fingerprint density at radius 1 is 0.538 bits per heavy atom. The van der Waals surface area contributed by atoms with E-state index < -0.39 is 5.97 Å². The topological polar surface area (TPSA) is 37.3 Å². The van der Waals surface area contributed by atoms with Gasteiger partial charge in [0.15, 0.2) is 0 Å². The predicted octanol–water partition coefficient (Wildman–Crippen LogP) is 8.70. The molecule has 0 aromatic rings. The maximum Gasteiger partial charge on any atom is 0.303 e. The zero-order valence-corrected chi connectivity index (χ0v) is 17.9. The van der Waals surface area contributed by atoms with Crippen molar-refractivity contribution >= 4 is 5.97 Å². The van der Waals surface area contributed by atoms with Crippen LogP contribution >= 0.6 is 0 Å². The van der Waals surface area contributed by atoms with E-state index in [1.54, 1.807) is 0 Å². The third-order valence-corrected chi connectivity index (χ3v) is 4.99. The zero-order chi connectivity index (χ0) is 19.7. The van der Waals surface area contributed by atoms with Crippen molar-refractivity contribution < 1.29 is 9.90 Å². The molecule has 0 amide bonds. The van der Waals surface area contributed by atoms with E-state index in [-0.39, 0.29) is 0 Å². The van der Waals surface area contributed by atoms with Crippen LogP contribution in [0.25, 0.3) is 0 Å². The molecule has 0 bridgehead atoms. The Labute approximate surface area is 164 Å². The van der Waals surface area contributed by atoms with Crippen LogP contribution in [0.15, 0.2) is 13.2 Å². The molecule has 0 saturated heterocycles. The molecule has 0 aromatic heterocycles. The van der Waals surface area contributed by atoms with Crippen LogP contribution in [0.2, 0.25) is 0 Å². The minimum absolute atomic E-state index is 0.346. The second kappa shape index (κ2) is 26.4. The molecular formula is C24H48O2. The normalized spacial score (nSPS) is 10.3. The highest BCUT2D eigenvalue weighted by atomic mass is 16.4. The number of carbonyl (C=O) groups is 1. The van der Waals surface area contributed by atoms with Gasteiger partial charge in [-0.3, -0.25) is 4.79 Å². The van der Waals surface area contributed by atoms with Crippen molar-refractivity contribution in [2.45, 2.75) is 135 Å². The fraction of sp³-hybridized carbons (Fsp3) is 0.875. The van der Waals surface area contributed by atoms with Crippen molar-refractivity contribution in [1.82, 2.24) is 0 Å². The lowest BCUT2D eigenvalue weighted by molar-refractivity contribution is -0.137. The lowest BCUT2D eigenvalue weighted by atomic mass is 10.0. The average Bonchev–Trinajstić information content (AvgIpc) is 2.65. The number of unbranched alkanes of at least 4 members (excludes halogenated alkanes) is 18. The lowest BCUT2D eigenvalue weighted by Gasteiger charge is -2.03. The molecule has 0 unspecified atom stereocenters. The van der Waals surface area contributed by atoms with Crippen LogP contribution in [-0.4, -0.2) is 11.1 Å². The van der Waals surface area contributed by atoms with E-state index in [1.165, 1.54) is 109 Å². The third-order valence-electron chi connectivity index (χ3n) is 4.99. The second-order valence-electron chi connectivity index (χ2n) is 7.51. The molecule has 26 heavy (non-hydrogen) atoms. The molecule has 0 atom stereocenters. The zero-order valence-electron chi connectivity index (χ0n) is 17.9. The van der Waals surface area contributed by atoms with Crippen LogP contribution in [0.4, 0.5) is 0 Å². The Bertz CT molecular complexity index is 263. The number of aliphatic carboxylic acids is 1. The van der Waals surface area contributed by atoms with Crippen molar-refractivity contribution in [3.63, 3.8) is 0 Å². The van der Waals surface area contributed by atoms with E-state index in [4.69, 9.17) is 5.11 Å². The molecule has 0 fully saturated rings. The summed E-state index contributed by atoms with van der Waals surface area (Å²) < 4.78 is 0. The molecule has 0 radical (unpaired) electrons. The summed E-state index contributed by atoms with van der Waals surface area (Å²) in [7, 11) is 0. The largest absolute Gasteiger partial charge is 0.481 e. The van der Waals surface area contributed by atoms with Gasteiger partial charge in [0.2, 0.25) is 0 Å². The molecule has 0 saturated carbocycles. The predicted molar refractivity (Wildman–Crippen MR) is 117 cm³/mol. The molecule has 156 valence electrons. The first-order valence-electron chi connectivity index (χ1n) is 11.5. The van der Waals surface area contributed by atoms with E-state index in [9.17, 15) is 4.79 Å². The van der Waals surface area contributed by atoms with Crippen LogP contribution in [0.3, 0.4) is 0 Å². The highest BCUT2D eigenvalue weighted by Gasteiger charge is 1.97. The van der Waals surface area contributed by atoms with Crippen LogP contribution in [0.5, 0.6) is 0 Å². The molecule has 0 aliphatic rings. The maximum atomic E-state index is 10.4. The first-order chi connectivity index (χ1) is 12.8. The Morgan fingerprint density at radius 2 is 0.769 bits per heavy atom. The highest BCUT2D eigenvalue weighted by molar-refractivity contribution is 5.66. The molecule has 0 rings (SSSR count). The number of hydrogen-bond donors (Lipinski definition) is 1. The lowest BCUT2D eigenvalue weighted by Crippen LogP contribution is -1.93. The molecule has 0 aliphatic heterocycles. The Morgan fingerprint density at radius 3 is 1.00 bits per heavy atom. The van der Waals surface area contributed by atoms with Crippen LogP contribution in [0.1, 0.15) is 135 Å². The van der Waals surface area contributed by atoms with E-state index in [2.05, 4.69) is 20.1 Å². The minimum Gasteiger partial charge on any atom is -0.481 e. The summed E-state index contributed by atoms with van der Waals surface area (Å²) >= 11 is 0.